The summed E-state index contributed by atoms with van der Waals surface area (Å²) in [5.41, 5.74) is 4.70. The van der Waals surface area contributed by atoms with Gasteiger partial charge in [-0.05, 0) is 68.9 Å². The van der Waals surface area contributed by atoms with Crippen LogP contribution in [0.2, 0.25) is 0 Å². The van der Waals surface area contributed by atoms with E-state index in [2.05, 4.69) is 4.72 Å². The molecule has 1 aromatic carbocycles. The Morgan fingerprint density at radius 1 is 0.950 bits per heavy atom. The SMILES string of the molecule is CCC(O)CNS(=O)(=O)c1c(C)c(C)c(C)c(C)c1C. The molecule has 0 saturated carbocycles. The average molecular weight is 299 g/mol. The van der Waals surface area contributed by atoms with Gasteiger partial charge in [0.2, 0.25) is 10.0 Å². The zero-order chi connectivity index (χ0) is 15.7. The van der Waals surface area contributed by atoms with E-state index in [-0.39, 0.29) is 6.54 Å². The maximum atomic E-state index is 12.5. The van der Waals surface area contributed by atoms with Gasteiger partial charge in [-0.3, -0.25) is 0 Å². The van der Waals surface area contributed by atoms with Crippen LogP contribution in [-0.4, -0.2) is 26.2 Å². The highest BCUT2D eigenvalue weighted by atomic mass is 32.2. The molecule has 0 spiro atoms. The van der Waals surface area contributed by atoms with Crippen LogP contribution in [0.5, 0.6) is 0 Å². The minimum absolute atomic E-state index is 0.0453. The summed E-state index contributed by atoms with van der Waals surface area (Å²) in [5.74, 6) is 0. The molecule has 0 aliphatic carbocycles. The normalized spacial score (nSPS) is 13.6. The molecular weight excluding hydrogens is 274 g/mol. The van der Waals surface area contributed by atoms with E-state index in [1.54, 1.807) is 0 Å². The third-order valence-electron chi connectivity index (χ3n) is 4.18. The monoisotopic (exact) mass is 299 g/mol. The van der Waals surface area contributed by atoms with E-state index in [1.807, 2.05) is 41.5 Å². The maximum Gasteiger partial charge on any atom is 0.241 e. The van der Waals surface area contributed by atoms with Crippen molar-refractivity contribution in [2.45, 2.75) is 59.0 Å². The highest BCUT2D eigenvalue weighted by molar-refractivity contribution is 7.89. The lowest BCUT2D eigenvalue weighted by Gasteiger charge is -2.19. The Morgan fingerprint density at radius 2 is 1.35 bits per heavy atom. The van der Waals surface area contributed by atoms with Crippen molar-refractivity contribution in [3.63, 3.8) is 0 Å². The van der Waals surface area contributed by atoms with Crippen LogP contribution in [-0.2, 0) is 10.0 Å². The summed E-state index contributed by atoms with van der Waals surface area (Å²) in [4.78, 5) is 0.349. The number of nitrogens with one attached hydrogen (secondary N) is 1. The van der Waals surface area contributed by atoms with E-state index in [0.29, 0.717) is 11.3 Å². The number of hydrogen-bond donors (Lipinski definition) is 2. The second-order valence-electron chi connectivity index (χ2n) is 5.37. The van der Waals surface area contributed by atoms with Gasteiger partial charge in [0.15, 0.2) is 0 Å². The third kappa shape index (κ3) is 3.22. The molecule has 1 aromatic rings. The molecular formula is C15H25NO3S. The molecule has 0 saturated heterocycles. The van der Waals surface area contributed by atoms with Crippen LogP contribution in [0.15, 0.2) is 4.90 Å². The molecule has 0 bridgehead atoms. The Kier molecular flexibility index (Phi) is 5.35. The van der Waals surface area contributed by atoms with Gasteiger partial charge in [0.25, 0.3) is 0 Å². The molecule has 20 heavy (non-hydrogen) atoms. The van der Waals surface area contributed by atoms with Gasteiger partial charge in [-0.1, -0.05) is 6.92 Å². The standard InChI is InChI=1S/C15H25NO3S/c1-7-14(17)8-16-20(18,19)15-12(5)10(3)9(2)11(4)13(15)6/h14,16-17H,7-8H2,1-6H3. The molecule has 0 aliphatic heterocycles. The lowest BCUT2D eigenvalue weighted by Crippen LogP contribution is -2.33. The van der Waals surface area contributed by atoms with Crippen molar-refractivity contribution in [3.05, 3.63) is 27.8 Å². The van der Waals surface area contributed by atoms with Crippen molar-refractivity contribution in [1.82, 2.24) is 4.72 Å². The summed E-state index contributed by atoms with van der Waals surface area (Å²) in [7, 11) is -3.60. The van der Waals surface area contributed by atoms with Crippen LogP contribution < -0.4 is 4.72 Å². The Balaban J connectivity index is 3.33. The summed E-state index contributed by atoms with van der Waals surface area (Å²) in [6.07, 6.45) is -0.134. The van der Waals surface area contributed by atoms with E-state index in [1.165, 1.54) is 0 Å². The van der Waals surface area contributed by atoms with E-state index < -0.39 is 16.1 Å². The number of sulfonamides is 1. The van der Waals surface area contributed by atoms with Crippen LogP contribution in [0.1, 0.15) is 41.2 Å². The first-order chi connectivity index (χ1) is 9.13. The van der Waals surface area contributed by atoms with Crippen molar-refractivity contribution in [2.75, 3.05) is 6.54 Å². The maximum absolute atomic E-state index is 12.5. The van der Waals surface area contributed by atoms with E-state index >= 15 is 0 Å². The van der Waals surface area contributed by atoms with E-state index in [9.17, 15) is 13.5 Å². The average Bonchev–Trinajstić information content (AvgIpc) is 2.40. The number of aliphatic hydroxyl groups excluding tert-OH is 1. The second kappa shape index (κ2) is 6.24. The second-order valence-corrected chi connectivity index (χ2v) is 7.07. The van der Waals surface area contributed by atoms with Crippen LogP contribution in [0.25, 0.3) is 0 Å². The predicted octanol–water partition coefficient (Wildman–Crippen LogP) is 2.28. The largest absolute Gasteiger partial charge is 0.392 e. The van der Waals surface area contributed by atoms with Gasteiger partial charge in [0.05, 0.1) is 11.0 Å². The zero-order valence-electron chi connectivity index (χ0n) is 13.2. The fourth-order valence-electron chi connectivity index (χ4n) is 2.29. The number of rotatable bonds is 5. The molecule has 4 nitrogen and oxygen atoms in total. The minimum atomic E-state index is -3.60. The van der Waals surface area contributed by atoms with Crippen molar-refractivity contribution in [3.8, 4) is 0 Å². The first-order valence-electron chi connectivity index (χ1n) is 6.88. The van der Waals surface area contributed by atoms with Crippen LogP contribution in [0.4, 0.5) is 0 Å². The van der Waals surface area contributed by atoms with Crippen LogP contribution in [0.3, 0.4) is 0 Å². The molecule has 0 radical (unpaired) electrons. The Hall–Kier alpha value is -0.910. The molecule has 0 aromatic heterocycles. The predicted molar refractivity (Wildman–Crippen MR) is 81.6 cm³/mol. The number of hydrogen-bond acceptors (Lipinski definition) is 3. The van der Waals surface area contributed by atoms with Gasteiger partial charge in [-0.2, -0.15) is 0 Å². The van der Waals surface area contributed by atoms with E-state index in [4.69, 9.17) is 0 Å². The van der Waals surface area contributed by atoms with Gasteiger partial charge in [-0.15, -0.1) is 0 Å². The molecule has 0 fully saturated rings. The first kappa shape index (κ1) is 17.1. The Labute approximate surface area is 122 Å². The smallest absolute Gasteiger partial charge is 0.241 e. The number of benzene rings is 1. The topological polar surface area (TPSA) is 66.4 Å². The highest BCUT2D eigenvalue weighted by Crippen LogP contribution is 2.29. The van der Waals surface area contributed by atoms with Gasteiger partial charge in [0.1, 0.15) is 0 Å². The highest BCUT2D eigenvalue weighted by Gasteiger charge is 2.23. The van der Waals surface area contributed by atoms with Gasteiger partial charge >= 0.3 is 0 Å². The Morgan fingerprint density at radius 3 is 1.75 bits per heavy atom. The van der Waals surface area contributed by atoms with E-state index in [0.717, 1.165) is 27.8 Å². The lowest BCUT2D eigenvalue weighted by atomic mass is 9.95. The minimum Gasteiger partial charge on any atom is -0.392 e. The first-order valence-corrected chi connectivity index (χ1v) is 8.36. The third-order valence-corrected chi connectivity index (χ3v) is 5.88. The van der Waals surface area contributed by atoms with Crippen molar-refractivity contribution >= 4 is 10.0 Å². The fraction of sp³-hybridized carbons (Fsp3) is 0.600. The fourth-order valence-corrected chi connectivity index (χ4v) is 3.96. The quantitative estimate of drug-likeness (QED) is 0.876. The summed E-state index contributed by atoms with van der Waals surface area (Å²) in [6.45, 7) is 11.4. The van der Waals surface area contributed by atoms with Crippen molar-refractivity contribution < 1.29 is 13.5 Å². The van der Waals surface area contributed by atoms with Crippen LogP contribution in [0, 0.1) is 34.6 Å². The number of aliphatic hydroxyl groups is 1. The van der Waals surface area contributed by atoms with Crippen molar-refractivity contribution in [1.29, 1.82) is 0 Å². The van der Waals surface area contributed by atoms with Crippen molar-refractivity contribution in [2.24, 2.45) is 0 Å². The molecule has 0 heterocycles. The molecule has 5 heteroatoms. The molecule has 1 rings (SSSR count). The summed E-state index contributed by atoms with van der Waals surface area (Å²) in [6, 6.07) is 0. The Bertz CT molecular complexity index is 577. The molecule has 1 unspecified atom stereocenters. The molecule has 1 atom stereocenters. The lowest BCUT2D eigenvalue weighted by molar-refractivity contribution is 0.174. The van der Waals surface area contributed by atoms with Crippen LogP contribution >= 0.6 is 0 Å². The zero-order valence-corrected chi connectivity index (χ0v) is 14.0. The summed E-state index contributed by atoms with van der Waals surface area (Å²) < 4.78 is 27.5. The van der Waals surface area contributed by atoms with Gasteiger partial charge < -0.3 is 5.11 Å². The summed E-state index contributed by atoms with van der Waals surface area (Å²) >= 11 is 0. The van der Waals surface area contributed by atoms with Gasteiger partial charge in [0, 0.05) is 6.54 Å². The molecule has 114 valence electrons. The molecule has 2 N–H and O–H groups in total. The summed E-state index contributed by atoms with van der Waals surface area (Å²) in [5, 5.41) is 9.53. The van der Waals surface area contributed by atoms with Gasteiger partial charge in [-0.25, -0.2) is 13.1 Å². The molecule has 0 aliphatic rings. The molecule has 0 amide bonds.